The summed E-state index contributed by atoms with van der Waals surface area (Å²) in [4.78, 5) is 18.3. The van der Waals surface area contributed by atoms with Crippen molar-refractivity contribution < 1.29 is 9.53 Å². The van der Waals surface area contributed by atoms with Gasteiger partial charge in [0.15, 0.2) is 0 Å². The van der Waals surface area contributed by atoms with Gasteiger partial charge in [0, 0.05) is 38.3 Å². The van der Waals surface area contributed by atoms with Gasteiger partial charge >= 0.3 is 6.03 Å². The van der Waals surface area contributed by atoms with Crippen LogP contribution in [-0.4, -0.2) is 36.2 Å². The maximum Gasteiger partial charge on any atom is 0.322 e. The molecule has 2 aromatic rings. The third kappa shape index (κ3) is 4.56. The Hall–Kier alpha value is -2.40. The minimum atomic E-state index is -0.143. The van der Waals surface area contributed by atoms with Crippen LogP contribution in [0.15, 0.2) is 48.8 Å². The molecule has 2 rings (SSSR count). The number of methoxy groups -OCH3 is 1. The molecular weight excluding hydrogens is 278 g/mol. The van der Waals surface area contributed by atoms with E-state index < -0.39 is 0 Å². The molecule has 0 saturated heterocycles. The molecule has 0 saturated carbocycles. The van der Waals surface area contributed by atoms with Crippen molar-refractivity contribution >= 4 is 11.7 Å². The van der Waals surface area contributed by atoms with E-state index in [9.17, 15) is 4.79 Å². The molecule has 5 nitrogen and oxygen atoms in total. The van der Waals surface area contributed by atoms with Crippen LogP contribution < -0.4 is 5.32 Å². The molecule has 0 unspecified atom stereocenters. The standard InChI is InChI=1S/C17H21N3O2/c1-14-6-3-4-8-16(14)19-17(21)20(10-11-22-2)13-15-7-5-9-18-12-15/h3-9,12H,10-11,13H2,1-2H3,(H,19,21). The van der Waals surface area contributed by atoms with Crippen LogP contribution in [0.2, 0.25) is 0 Å². The molecule has 0 fully saturated rings. The lowest BCUT2D eigenvalue weighted by atomic mass is 10.2. The highest BCUT2D eigenvalue weighted by Gasteiger charge is 2.14. The summed E-state index contributed by atoms with van der Waals surface area (Å²) in [5, 5.41) is 2.95. The summed E-state index contributed by atoms with van der Waals surface area (Å²) in [6.45, 7) is 3.47. The smallest absolute Gasteiger partial charge is 0.322 e. The fourth-order valence-electron chi connectivity index (χ4n) is 2.07. The molecule has 5 heteroatoms. The van der Waals surface area contributed by atoms with E-state index in [0.717, 1.165) is 16.8 Å². The van der Waals surface area contributed by atoms with E-state index in [2.05, 4.69) is 10.3 Å². The van der Waals surface area contributed by atoms with Crippen molar-refractivity contribution in [2.75, 3.05) is 25.6 Å². The largest absolute Gasteiger partial charge is 0.383 e. The SMILES string of the molecule is COCCN(Cc1cccnc1)C(=O)Nc1ccccc1C. The van der Waals surface area contributed by atoms with Crippen LogP contribution in [0.25, 0.3) is 0 Å². The minimum Gasteiger partial charge on any atom is -0.383 e. The Morgan fingerprint density at radius 1 is 1.27 bits per heavy atom. The van der Waals surface area contributed by atoms with Crippen molar-refractivity contribution in [1.82, 2.24) is 9.88 Å². The second kappa shape index (κ2) is 8.14. The minimum absolute atomic E-state index is 0.143. The number of urea groups is 1. The summed E-state index contributed by atoms with van der Waals surface area (Å²) in [6, 6.07) is 11.4. The van der Waals surface area contributed by atoms with E-state index in [1.807, 2.05) is 43.3 Å². The van der Waals surface area contributed by atoms with E-state index in [-0.39, 0.29) is 6.03 Å². The first-order valence-electron chi connectivity index (χ1n) is 7.20. The Kier molecular flexibility index (Phi) is 5.91. The lowest BCUT2D eigenvalue weighted by Crippen LogP contribution is -2.37. The van der Waals surface area contributed by atoms with Crippen molar-refractivity contribution in [3.8, 4) is 0 Å². The average molecular weight is 299 g/mol. The van der Waals surface area contributed by atoms with Crippen LogP contribution >= 0.6 is 0 Å². The number of para-hydroxylation sites is 1. The number of ether oxygens (including phenoxy) is 1. The van der Waals surface area contributed by atoms with Crippen LogP contribution in [0.3, 0.4) is 0 Å². The van der Waals surface area contributed by atoms with Gasteiger partial charge in [-0.2, -0.15) is 0 Å². The molecule has 2 amide bonds. The molecule has 0 bridgehead atoms. The molecule has 1 aromatic heterocycles. The Morgan fingerprint density at radius 3 is 2.77 bits per heavy atom. The zero-order valence-corrected chi connectivity index (χ0v) is 13.0. The highest BCUT2D eigenvalue weighted by Crippen LogP contribution is 2.14. The van der Waals surface area contributed by atoms with E-state index in [4.69, 9.17) is 4.74 Å². The van der Waals surface area contributed by atoms with Crippen LogP contribution in [0.5, 0.6) is 0 Å². The second-order valence-corrected chi connectivity index (χ2v) is 5.02. The van der Waals surface area contributed by atoms with Crippen LogP contribution in [0, 0.1) is 6.92 Å². The highest BCUT2D eigenvalue weighted by atomic mass is 16.5. The second-order valence-electron chi connectivity index (χ2n) is 5.02. The zero-order valence-electron chi connectivity index (χ0n) is 13.0. The first-order valence-corrected chi connectivity index (χ1v) is 7.20. The van der Waals surface area contributed by atoms with Crippen LogP contribution in [-0.2, 0) is 11.3 Å². The van der Waals surface area contributed by atoms with Crippen LogP contribution in [0.1, 0.15) is 11.1 Å². The van der Waals surface area contributed by atoms with Gasteiger partial charge in [0.2, 0.25) is 0 Å². The van der Waals surface area contributed by atoms with Crippen molar-refractivity contribution in [3.05, 3.63) is 59.9 Å². The first kappa shape index (κ1) is 16.0. The fourth-order valence-corrected chi connectivity index (χ4v) is 2.07. The number of carbonyl (C=O) groups is 1. The van der Waals surface area contributed by atoms with Gasteiger partial charge in [0.05, 0.1) is 6.61 Å². The first-order chi connectivity index (χ1) is 10.7. The van der Waals surface area contributed by atoms with Gasteiger partial charge in [0.1, 0.15) is 0 Å². The van der Waals surface area contributed by atoms with Gasteiger partial charge in [-0.05, 0) is 30.2 Å². The summed E-state index contributed by atoms with van der Waals surface area (Å²) in [5.41, 5.74) is 2.84. The Balaban J connectivity index is 2.07. The van der Waals surface area contributed by atoms with Crippen molar-refractivity contribution in [2.45, 2.75) is 13.5 Å². The van der Waals surface area contributed by atoms with E-state index >= 15 is 0 Å². The molecule has 0 radical (unpaired) electrons. The summed E-state index contributed by atoms with van der Waals surface area (Å²) in [6.07, 6.45) is 3.48. The molecule has 1 heterocycles. The molecule has 22 heavy (non-hydrogen) atoms. The average Bonchev–Trinajstić information content (AvgIpc) is 2.54. The number of hydrogen-bond donors (Lipinski definition) is 1. The number of pyridine rings is 1. The quantitative estimate of drug-likeness (QED) is 0.892. The molecule has 0 aliphatic rings. The number of carbonyl (C=O) groups excluding carboxylic acids is 1. The molecular formula is C17H21N3O2. The number of amides is 2. The number of benzene rings is 1. The Morgan fingerprint density at radius 2 is 2.09 bits per heavy atom. The molecule has 116 valence electrons. The molecule has 0 aliphatic carbocycles. The van der Waals surface area contributed by atoms with Crippen LogP contribution in [0.4, 0.5) is 10.5 Å². The molecule has 1 N–H and O–H groups in total. The number of nitrogens with one attached hydrogen (secondary N) is 1. The summed E-state index contributed by atoms with van der Waals surface area (Å²) < 4.78 is 5.10. The maximum absolute atomic E-state index is 12.5. The van der Waals surface area contributed by atoms with E-state index in [1.165, 1.54) is 0 Å². The summed E-state index contributed by atoms with van der Waals surface area (Å²) in [7, 11) is 1.63. The number of anilines is 1. The predicted molar refractivity (Wildman–Crippen MR) is 86.7 cm³/mol. The molecule has 0 spiro atoms. The third-order valence-corrected chi connectivity index (χ3v) is 3.34. The zero-order chi connectivity index (χ0) is 15.8. The number of rotatable bonds is 6. The number of hydrogen-bond acceptors (Lipinski definition) is 3. The normalized spacial score (nSPS) is 10.3. The van der Waals surface area contributed by atoms with E-state index in [1.54, 1.807) is 24.4 Å². The topological polar surface area (TPSA) is 54.5 Å². The molecule has 0 aliphatic heterocycles. The summed E-state index contributed by atoms with van der Waals surface area (Å²) in [5.74, 6) is 0. The Labute approximate surface area is 130 Å². The molecule has 0 atom stereocenters. The lowest BCUT2D eigenvalue weighted by molar-refractivity contribution is 0.152. The van der Waals surface area contributed by atoms with Crippen molar-refractivity contribution in [1.29, 1.82) is 0 Å². The van der Waals surface area contributed by atoms with Crippen molar-refractivity contribution in [3.63, 3.8) is 0 Å². The maximum atomic E-state index is 12.5. The van der Waals surface area contributed by atoms with Gasteiger partial charge in [-0.1, -0.05) is 24.3 Å². The Bertz CT molecular complexity index is 602. The fraction of sp³-hybridized carbons (Fsp3) is 0.294. The summed E-state index contributed by atoms with van der Waals surface area (Å²) >= 11 is 0. The van der Waals surface area contributed by atoms with Crippen molar-refractivity contribution in [2.24, 2.45) is 0 Å². The number of aryl methyl sites for hydroxylation is 1. The van der Waals surface area contributed by atoms with E-state index in [0.29, 0.717) is 19.7 Å². The predicted octanol–water partition coefficient (Wildman–Crippen LogP) is 3.07. The van der Waals surface area contributed by atoms with Gasteiger partial charge in [-0.3, -0.25) is 4.98 Å². The van der Waals surface area contributed by atoms with Gasteiger partial charge in [-0.25, -0.2) is 4.79 Å². The lowest BCUT2D eigenvalue weighted by Gasteiger charge is -2.23. The van der Waals surface area contributed by atoms with Gasteiger partial charge in [0.25, 0.3) is 0 Å². The number of nitrogens with zero attached hydrogens (tertiary/aromatic N) is 2. The van der Waals surface area contributed by atoms with Gasteiger partial charge < -0.3 is 15.0 Å². The number of aromatic nitrogens is 1. The molecule has 1 aromatic carbocycles. The monoisotopic (exact) mass is 299 g/mol. The highest BCUT2D eigenvalue weighted by molar-refractivity contribution is 5.90. The van der Waals surface area contributed by atoms with Gasteiger partial charge in [-0.15, -0.1) is 0 Å². The third-order valence-electron chi connectivity index (χ3n) is 3.34.